The molecule has 0 amide bonds. The summed E-state index contributed by atoms with van der Waals surface area (Å²) in [7, 11) is -2.01. The molecule has 0 aliphatic carbocycles. The minimum Gasteiger partial charge on any atom is -0.365 e. The second-order valence-corrected chi connectivity index (χ2v) is 11.6. The monoisotopic (exact) mass is 357 g/mol. The fourth-order valence-corrected chi connectivity index (χ4v) is 6.48. The molecule has 0 aliphatic heterocycles. The van der Waals surface area contributed by atoms with Crippen LogP contribution in [0.25, 0.3) is 5.70 Å². The summed E-state index contributed by atoms with van der Waals surface area (Å²) in [5.74, 6) is 0. The minimum atomic E-state index is -2.01. The molecule has 0 saturated heterocycles. The van der Waals surface area contributed by atoms with Crippen LogP contribution in [0.2, 0.25) is 13.1 Å². The van der Waals surface area contributed by atoms with E-state index in [-0.39, 0.29) is 0 Å². The zero-order chi connectivity index (χ0) is 18.7. The van der Waals surface area contributed by atoms with E-state index in [1.165, 1.54) is 27.6 Å². The topological polar surface area (TPSA) is 3.24 Å². The molecule has 1 nitrogen and oxygen atoms in total. The Balaban J connectivity index is 2.17. The second kappa shape index (κ2) is 7.34. The highest BCUT2D eigenvalue weighted by atomic mass is 28.3. The summed E-state index contributed by atoms with van der Waals surface area (Å²) in [6.07, 6.45) is 0. The normalized spacial score (nSPS) is 11.2. The lowest BCUT2D eigenvalue weighted by Crippen LogP contribution is -2.57. The van der Waals surface area contributed by atoms with E-state index in [4.69, 9.17) is 0 Å². The third-order valence-corrected chi connectivity index (χ3v) is 8.27. The van der Waals surface area contributed by atoms with Gasteiger partial charge in [-0.15, -0.1) is 0 Å². The van der Waals surface area contributed by atoms with Gasteiger partial charge in [0.2, 0.25) is 0 Å². The lowest BCUT2D eigenvalue weighted by molar-refractivity contribution is 1.30. The number of benzene rings is 3. The summed E-state index contributed by atoms with van der Waals surface area (Å²) in [6.45, 7) is 13.6. The molecule has 3 aromatic rings. The zero-order valence-corrected chi connectivity index (χ0v) is 17.2. The fourth-order valence-electron chi connectivity index (χ4n) is 3.63. The molecule has 0 aromatic heterocycles. The van der Waals surface area contributed by atoms with E-state index in [0.717, 1.165) is 5.70 Å². The highest BCUT2D eigenvalue weighted by Gasteiger charge is 2.34. The van der Waals surface area contributed by atoms with Crippen LogP contribution < -0.4 is 9.75 Å². The summed E-state index contributed by atoms with van der Waals surface area (Å²) in [4.78, 5) is 0. The summed E-state index contributed by atoms with van der Waals surface area (Å²) >= 11 is 0. The van der Waals surface area contributed by atoms with Gasteiger partial charge in [-0.25, -0.2) is 0 Å². The van der Waals surface area contributed by atoms with Crippen LogP contribution in [0.1, 0.15) is 16.7 Å². The molecule has 0 unspecified atom stereocenters. The van der Waals surface area contributed by atoms with Crippen LogP contribution in [-0.4, -0.2) is 8.24 Å². The van der Waals surface area contributed by atoms with Crippen molar-refractivity contribution in [2.24, 2.45) is 0 Å². The van der Waals surface area contributed by atoms with Gasteiger partial charge in [-0.1, -0.05) is 73.3 Å². The highest BCUT2D eigenvalue weighted by molar-refractivity contribution is 6.94. The average Bonchev–Trinajstić information content (AvgIpc) is 2.62. The molecule has 0 saturated carbocycles. The molecule has 132 valence electrons. The lowest BCUT2D eigenvalue weighted by Gasteiger charge is -2.41. The van der Waals surface area contributed by atoms with E-state index in [9.17, 15) is 0 Å². The number of hydrogen-bond acceptors (Lipinski definition) is 1. The zero-order valence-electron chi connectivity index (χ0n) is 16.2. The highest BCUT2D eigenvalue weighted by Crippen LogP contribution is 2.32. The quantitative estimate of drug-likeness (QED) is 0.514. The Morgan fingerprint density at radius 2 is 1.27 bits per heavy atom. The van der Waals surface area contributed by atoms with Crippen molar-refractivity contribution in [2.45, 2.75) is 26.9 Å². The molecule has 0 fully saturated rings. The molecule has 0 atom stereocenters. The second-order valence-electron chi connectivity index (χ2n) is 7.42. The van der Waals surface area contributed by atoms with Crippen molar-refractivity contribution >= 4 is 24.8 Å². The Hall–Kier alpha value is -2.58. The van der Waals surface area contributed by atoms with Gasteiger partial charge >= 0.3 is 0 Å². The molecule has 0 heterocycles. The third kappa shape index (κ3) is 3.66. The van der Waals surface area contributed by atoms with Crippen LogP contribution in [0.15, 0.2) is 85.4 Å². The first-order chi connectivity index (χ1) is 12.4. The van der Waals surface area contributed by atoms with Crippen molar-refractivity contribution in [3.05, 3.63) is 102 Å². The molecule has 0 radical (unpaired) electrons. The molecule has 0 N–H and O–H groups in total. The van der Waals surface area contributed by atoms with E-state index < -0.39 is 8.24 Å². The first kappa shape index (κ1) is 18.2. The van der Waals surface area contributed by atoms with Crippen LogP contribution in [-0.2, 0) is 0 Å². The Labute approximate surface area is 158 Å². The van der Waals surface area contributed by atoms with Crippen LogP contribution in [0, 0.1) is 13.8 Å². The first-order valence-electron chi connectivity index (χ1n) is 9.08. The molecular weight excluding hydrogens is 330 g/mol. The van der Waals surface area contributed by atoms with Gasteiger partial charge < -0.3 is 4.57 Å². The van der Waals surface area contributed by atoms with Gasteiger partial charge in [0.25, 0.3) is 0 Å². The van der Waals surface area contributed by atoms with Crippen LogP contribution in [0.4, 0.5) is 5.69 Å². The molecular formula is C24H27NSi. The van der Waals surface area contributed by atoms with Crippen molar-refractivity contribution in [3.63, 3.8) is 0 Å². The van der Waals surface area contributed by atoms with Crippen molar-refractivity contribution in [1.29, 1.82) is 0 Å². The summed E-state index contributed by atoms with van der Waals surface area (Å²) < 4.78 is 2.50. The van der Waals surface area contributed by atoms with E-state index in [2.05, 4.69) is 117 Å². The molecule has 26 heavy (non-hydrogen) atoms. The predicted octanol–water partition coefficient (Wildman–Crippen LogP) is 5.89. The molecule has 0 aliphatic rings. The van der Waals surface area contributed by atoms with Gasteiger partial charge in [0, 0.05) is 11.4 Å². The van der Waals surface area contributed by atoms with Gasteiger partial charge in [0.1, 0.15) is 0 Å². The first-order valence-corrected chi connectivity index (χ1v) is 12.0. The molecule has 3 aromatic carbocycles. The van der Waals surface area contributed by atoms with Crippen molar-refractivity contribution in [3.8, 4) is 0 Å². The maximum Gasteiger partial charge on any atom is 0.187 e. The molecule has 2 heteroatoms. The Kier molecular flexibility index (Phi) is 5.15. The van der Waals surface area contributed by atoms with E-state index in [0.29, 0.717) is 0 Å². The minimum absolute atomic E-state index is 1.07. The van der Waals surface area contributed by atoms with Gasteiger partial charge in [0.05, 0.1) is 0 Å². The molecule has 3 rings (SSSR count). The maximum absolute atomic E-state index is 4.51. The summed E-state index contributed by atoms with van der Waals surface area (Å²) in [5.41, 5.74) is 6.03. The third-order valence-electron chi connectivity index (χ3n) is 4.88. The fraction of sp³-hybridized carbons (Fsp3) is 0.167. The molecule has 0 spiro atoms. The van der Waals surface area contributed by atoms with Crippen LogP contribution >= 0.6 is 0 Å². The van der Waals surface area contributed by atoms with E-state index in [1.54, 1.807) is 0 Å². The SMILES string of the molecule is C=C(c1ccccc1)N(c1cc(C)cc(C)c1)[Si](C)(C)c1ccccc1. The lowest BCUT2D eigenvalue weighted by atomic mass is 10.1. The smallest absolute Gasteiger partial charge is 0.187 e. The van der Waals surface area contributed by atoms with Gasteiger partial charge in [0.15, 0.2) is 8.24 Å². The predicted molar refractivity (Wildman–Crippen MR) is 117 cm³/mol. The van der Waals surface area contributed by atoms with Crippen LogP contribution in [0.5, 0.6) is 0 Å². The van der Waals surface area contributed by atoms with Crippen molar-refractivity contribution in [2.75, 3.05) is 4.57 Å². The summed E-state index contributed by atoms with van der Waals surface area (Å²) in [5, 5.41) is 1.40. The Bertz CT molecular complexity index is 878. The van der Waals surface area contributed by atoms with Gasteiger partial charge in [-0.3, -0.25) is 0 Å². The number of rotatable bonds is 5. The molecule has 0 bridgehead atoms. The number of aryl methyl sites for hydroxylation is 2. The number of hydrogen-bond donors (Lipinski definition) is 0. The number of anilines is 1. The average molecular weight is 358 g/mol. The van der Waals surface area contributed by atoms with Crippen LogP contribution in [0.3, 0.4) is 0 Å². The Morgan fingerprint density at radius 3 is 1.81 bits per heavy atom. The maximum atomic E-state index is 4.51. The van der Waals surface area contributed by atoms with E-state index >= 15 is 0 Å². The van der Waals surface area contributed by atoms with E-state index in [1.807, 2.05) is 0 Å². The Morgan fingerprint density at radius 1 is 0.769 bits per heavy atom. The number of nitrogens with zero attached hydrogens (tertiary/aromatic N) is 1. The van der Waals surface area contributed by atoms with Crippen molar-refractivity contribution < 1.29 is 0 Å². The summed E-state index contributed by atoms with van der Waals surface area (Å²) in [6, 6.07) is 28.1. The van der Waals surface area contributed by atoms with Gasteiger partial charge in [-0.2, -0.15) is 0 Å². The van der Waals surface area contributed by atoms with Crippen molar-refractivity contribution in [1.82, 2.24) is 0 Å². The largest absolute Gasteiger partial charge is 0.365 e. The standard InChI is InChI=1S/C24H27NSi/c1-19-16-20(2)18-23(17-19)25(21(3)22-12-8-6-9-13-22)26(4,5)24-14-10-7-11-15-24/h6-18H,3H2,1-2,4-5H3. The van der Waals surface area contributed by atoms with Gasteiger partial charge in [-0.05, 0) is 61.0 Å².